The van der Waals surface area contributed by atoms with Crippen LogP contribution >= 0.6 is 11.6 Å². The predicted octanol–water partition coefficient (Wildman–Crippen LogP) is 2.92. The molecule has 0 heterocycles. The van der Waals surface area contributed by atoms with Gasteiger partial charge in [-0.25, -0.2) is 0 Å². The monoisotopic (exact) mass is 324 g/mol. The van der Waals surface area contributed by atoms with Crippen molar-refractivity contribution in [2.24, 2.45) is 0 Å². The Morgan fingerprint density at radius 1 is 1.43 bits per heavy atom. The third-order valence-electron chi connectivity index (χ3n) is 2.56. The second kappa shape index (κ2) is 7.51. The maximum atomic E-state index is 12.6. The number of alkyl halides is 3. The molecule has 1 aromatic rings. The fraction of sp³-hybridized carbons (Fsp3) is 0.462. The van der Waals surface area contributed by atoms with E-state index in [0.717, 1.165) is 18.2 Å². The van der Waals surface area contributed by atoms with Crippen molar-refractivity contribution < 1.29 is 22.7 Å². The van der Waals surface area contributed by atoms with Crippen molar-refractivity contribution in [1.82, 2.24) is 5.32 Å². The minimum Gasteiger partial charge on any atom is -0.383 e. The first-order valence-electron chi connectivity index (χ1n) is 6.13. The summed E-state index contributed by atoms with van der Waals surface area (Å²) in [7, 11) is 1.50. The molecule has 1 rings (SSSR count). The van der Waals surface area contributed by atoms with Crippen LogP contribution in [0, 0.1) is 0 Å². The van der Waals surface area contributed by atoms with E-state index < -0.39 is 11.7 Å². The first-order chi connectivity index (χ1) is 9.74. The minimum atomic E-state index is -4.46. The molecule has 1 atom stereocenters. The van der Waals surface area contributed by atoms with Gasteiger partial charge in [0, 0.05) is 13.2 Å². The Balaban J connectivity index is 2.65. The molecule has 0 saturated heterocycles. The number of ether oxygens (including phenoxy) is 1. The molecule has 2 N–H and O–H groups in total. The molecular formula is C13H16ClF3N2O2. The second-order valence-corrected chi connectivity index (χ2v) is 4.88. The SMILES string of the molecule is COCC(C)NC(=O)CNc1cc(C(F)(F)F)ccc1Cl. The van der Waals surface area contributed by atoms with E-state index in [2.05, 4.69) is 10.6 Å². The summed E-state index contributed by atoms with van der Waals surface area (Å²) in [5.74, 6) is -0.368. The number of anilines is 1. The van der Waals surface area contributed by atoms with E-state index in [1.165, 1.54) is 7.11 Å². The lowest BCUT2D eigenvalue weighted by Gasteiger charge is -2.15. The zero-order valence-corrected chi connectivity index (χ0v) is 12.3. The maximum absolute atomic E-state index is 12.6. The van der Waals surface area contributed by atoms with E-state index in [1.807, 2.05) is 0 Å². The molecule has 4 nitrogen and oxygen atoms in total. The van der Waals surface area contributed by atoms with Crippen LogP contribution < -0.4 is 10.6 Å². The number of hydrogen-bond donors (Lipinski definition) is 2. The van der Waals surface area contributed by atoms with Gasteiger partial charge in [0.1, 0.15) is 0 Å². The van der Waals surface area contributed by atoms with E-state index in [1.54, 1.807) is 6.92 Å². The zero-order chi connectivity index (χ0) is 16.0. The molecule has 0 aliphatic heterocycles. The van der Waals surface area contributed by atoms with Gasteiger partial charge < -0.3 is 15.4 Å². The molecule has 118 valence electrons. The molecular weight excluding hydrogens is 309 g/mol. The van der Waals surface area contributed by atoms with Crippen LogP contribution in [0.2, 0.25) is 5.02 Å². The summed E-state index contributed by atoms with van der Waals surface area (Å²) in [5, 5.41) is 5.32. The second-order valence-electron chi connectivity index (χ2n) is 4.47. The van der Waals surface area contributed by atoms with Crippen LogP contribution in [0.25, 0.3) is 0 Å². The Kier molecular flexibility index (Phi) is 6.29. The molecule has 0 aromatic heterocycles. The average Bonchev–Trinajstić information content (AvgIpc) is 2.36. The number of halogens is 4. The topological polar surface area (TPSA) is 50.4 Å². The molecule has 0 spiro atoms. The third kappa shape index (κ3) is 5.81. The van der Waals surface area contributed by atoms with Crippen LogP contribution in [0.3, 0.4) is 0 Å². The van der Waals surface area contributed by atoms with Gasteiger partial charge in [0.2, 0.25) is 5.91 Å². The number of carbonyl (C=O) groups excluding carboxylic acids is 1. The molecule has 0 saturated carbocycles. The molecule has 0 aliphatic carbocycles. The van der Waals surface area contributed by atoms with Gasteiger partial charge in [-0.1, -0.05) is 11.6 Å². The number of methoxy groups -OCH3 is 1. The summed E-state index contributed by atoms with van der Waals surface area (Å²) in [6.45, 7) is 1.91. The number of rotatable bonds is 6. The summed E-state index contributed by atoms with van der Waals surface area (Å²) in [6, 6.07) is 2.70. The number of amides is 1. The highest BCUT2D eigenvalue weighted by Gasteiger charge is 2.30. The highest BCUT2D eigenvalue weighted by Crippen LogP contribution is 2.33. The van der Waals surface area contributed by atoms with Gasteiger partial charge in [-0.3, -0.25) is 4.79 Å². The molecule has 1 aromatic carbocycles. The lowest BCUT2D eigenvalue weighted by atomic mass is 10.2. The molecule has 0 aliphatic rings. The lowest BCUT2D eigenvalue weighted by molar-refractivity contribution is -0.137. The van der Waals surface area contributed by atoms with Crippen molar-refractivity contribution in [2.75, 3.05) is 25.6 Å². The van der Waals surface area contributed by atoms with Gasteiger partial charge in [-0.2, -0.15) is 13.2 Å². The zero-order valence-electron chi connectivity index (χ0n) is 11.6. The number of nitrogens with one attached hydrogen (secondary N) is 2. The average molecular weight is 325 g/mol. The minimum absolute atomic E-state index is 0.0565. The summed E-state index contributed by atoms with van der Waals surface area (Å²) < 4.78 is 42.6. The van der Waals surface area contributed by atoms with Crippen LogP contribution in [-0.4, -0.2) is 32.2 Å². The van der Waals surface area contributed by atoms with E-state index >= 15 is 0 Å². The summed E-state index contributed by atoms with van der Waals surface area (Å²) in [5.41, 5.74) is -0.774. The lowest BCUT2D eigenvalue weighted by Crippen LogP contribution is -2.39. The van der Waals surface area contributed by atoms with Crippen molar-refractivity contribution in [3.63, 3.8) is 0 Å². The van der Waals surface area contributed by atoms with Crippen molar-refractivity contribution in [3.05, 3.63) is 28.8 Å². The Morgan fingerprint density at radius 3 is 2.67 bits per heavy atom. The highest BCUT2D eigenvalue weighted by atomic mass is 35.5. The number of benzene rings is 1. The van der Waals surface area contributed by atoms with Gasteiger partial charge in [0.15, 0.2) is 0 Å². The first-order valence-corrected chi connectivity index (χ1v) is 6.50. The van der Waals surface area contributed by atoms with Crippen LogP contribution in [0.15, 0.2) is 18.2 Å². The predicted molar refractivity (Wildman–Crippen MR) is 74.4 cm³/mol. The Morgan fingerprint density at radius 2 is 2.10 bits per heavy atom. The van der Waals surface area contributed by atoms with Gasteiger partial charge in [0.25, 0.3) is 0 Å². The Bertz CT molecular complexity index is 495. The maximum Gasteiger partial charge on any atom is 0.416 e. The van der Waals surface area contributed by atoms with E-state index in [-0.39, 0.29) is 29.2 Å². The quantitative estimate of drug-likeness (QED) is 0.846. The Hall–Kier alpha value is -1.47. The molecule has 0 bridgehead atoms. The summed E-state index contributed by atoms with van der Waals surface area (Å²) in [6.07, 6.45) is -4.46. The summed E-state index contributed by atoms with van der Waals surface area (Å²) in [4.78, 5) is 11.6. The fourth-order valence-corrected chi connectivity index (χ4v) is 1.81. The van der Waals surface area contributed by atoms with Crippen LogP contribution in [-0.2, 0) is 15.7 Å². The van der Waals surface area contributed by atoms with Crippen molar-refractivity contribution in [1.29, 1.82) is 0 Å². The number of hydrogen-bond acceptors (Lipinski definition) is 3. The van der Waals surface area contributed by atoms with E-state index in [0.29, 0.717) is 6.61 Å². The smallest absolute Gasteiger partial charge is 0.383 e. The normalized spacial score (nSPS) is 12.9. The summed E-state index contributed by atoms with van der Waals surface area (Å²) >= 11 is 5.80. The van der Waals surface area contributed by atoms with Crippen molar-refractivity contribution >= 4 is 23.2 Å². The molecule has 8 heteroatoms. The van der Waals surface area contributed by atoms with Gasteiger partial charge in [0.05, 0.1) is 29.4 Å². The van der Waals surface area contributed by atoms with Gasteiger partial charge in [-0.05, 0) is 25.1 Å². The fourth-order valence-electron chi connectivity index (χ4n) is 1.63. The van der Waals surface area contributed by atoms with E-state index in [4.69, 9.17) is 16.3 Å². The largest absolute Gasteiger partial charge is 0.416 e. The van der Waals surface area contributed by atoms with Crippen LogP contribution in [0.1, 0.15) is 12.5 Å². The van der Waals surface area contributed by atoms with Crippen molar-refractivity contribution in [3.8, 4) is 0 Å². The van der Waals surface area contributed by atoms with Crippen LogP contribution in [0.5, 0.6) is 0 Å². The van der Waals surface area contributed by atoms with Crippen LogP contribution in [0.4, 0.5) is 18.9 Å². The Labute approximate surface area is 125 Å². The molecule has 1 unspecified atom stereocenters. The van der Waals surface area contributed by atoms with Gasteiger partial charge in [-0.15, -0.1) is 0 Å². The molecule has 0 fully saturated rings. The first kappa shape index (κ1) is 17.6. The standard InChI is InChI=1S/C13H16ClF3N2O2/c1-8(7-21-2)19-12(20)6-18-11-5-9(13(15,16)17)3-4-10(11)14/h3-5,8,18H,6-7H2,1-2H3,(H,19,20). The number of carbonyl (C=O) groups is 1. The van der Waals surface area contributed by atoms with Gasteiger partial charge >= 0.3 is 6.18 Å². The third-order valence-corrected chi connectivity index (χ3v) is 2.89. The molecule has 21 heavy (non-hydrogen) atoms. The highest BCUT2D eigenvalue weighted by molar-refractivity contribution is 6.33. The molecule has 1 amide bonds. The van der Waals surface area contributed by atoms with Crippen molar-refractivity contribution in [2.45, 2.75) is 19.1 Å². The molecule has 0 radical (unpaired) electrons. The van der Waals surface area contributed by atoms with E-state index in [9.17, 15) is 18.0 Å².